The fraction of sp³-hybridized carbons (Fsp3) is 0.429. The fourth-order valence-electron chi connectivity index (χ4n) is 2.31. The number of hydrogen-bond donors (Lipinski definition) is 0. The summed E-state index contributed by atoms with van der Waals surface area (Å²) in [6, 6.07) is 2.75. The lowest BCUT2D eigenvalue weighted by Crippen LogP contribution is -2.43. The number of halogens is 2. The number of carbonyl (C=O) groups is 2. The van der Waals surface area contributed by atoms with Crippen molar-refractivity contribution in [3.8, 4) is 0 Å². The van der Waals surface area contributed by atoms with Crippen LogP contribution in [-0.2, 0) is 9.53 Å². The van der Waals surface area contributed by atoms with Crippen LogP contribution < -0.4 is 4.90 Å². The van der Waals surface area contributed by atoms with Crippen molar-refractivity contribution in [1.29, 1.82) is 0 Å². The third-order valence-electron chi connectivity index (χ3n) is 3.32. The van der Waals surface area contributed by atoms with Crippen LogP contribution in [0.5, 0.6) is 0 Å². The minimum Gasteiger partial charge on any atom is -0.465 e. The van der Waals surface area contributed by atoms with Gasteiger partial charge in [-0.05, 0) is 41.9 Å². The molecule has 0 bridgehead atoms. The Kier molecular flexibility index (Phi) is 4.42. The van der Waals surface area contributed by atoms with Crippen molar-refractivity contribution in [3.05, 3.63) is 28.0 Å². The summed E-state index contributed by atoms with van der Waals surface area (Å²) < 4.78 is 18.9. The zero-order chi connectivity index (χ0) is 14.9. The highest BCUT2D eigenvalue weighted by Gasteiger charge is 2.37. The van der Waals surface area contributed by atoms with Gasteiger partial charge in [-0.2, -0.15) is 0 Å². The van der Waals surface area contributed by atoms with E-state index in [0.717, 1.165) is 0 Å². The molecule has 1 aliphatic rings. The number of esters is 1. The summed E-state index contributed by atoms with van der Waals surface area (Å²) in [5, 5.41) is 0. The lowest BCUT2D eigenvalue weighted by atomic mass is 9.91. The van der Waals surface area contributed by atoms with Crippen LogP contribution in [0.2, 0.25) is 0 Å². The molecule has 1 unspecified atom stereocenters. The molecule has 108 valence electrons. The van der Waals surface area contributed by atoms with Gasteiger partial charge < -0.3 is 9.64 Å². The highest BCUT2D eigenvalue weighted by atomic mass is 79.9. The van der Waals surface area contributed by atoms with Crippen molar-refractivity contribution in [3.63, 3.8) is 0 Å². The van der Waals surface area contributed by atoms with E-state index in [9.17, 15) is 14.0 Å². The number of nitrogens with zero attached hydrogens (tertiary/aromatic N) is 1. The summed E-state index contributed by atoms with van der Waals surface area (Å²) in [4.78, 5) is 26.1. The Morgan fingerprint density at radius 1 is 1.50 bits per heavy atom. The van der Waals surface area contributed by atoms with Crippen molar-refractivity contribution in [2.75, 3.05) is 24.6 Å². The summed E-state index contributed by atoms with van der Waals surface area (Å²) in [7, 11) is 0. The second kappa shape index (κ2) is 5.91. The average Bonchev–Trinajstić information content (AvgIpc) is 2.42. The van der Waals surface area contributed by atoms with Crippen LogP contribution in [-0.4, -0.2) is 31.4 Å². The van der Waals surface area contributed by atoms with E-state index in [2.05, 4.69) is 15.9 Å². The molecule has 0 spiro atoms. The number of hydrogen-bond acceptors (Lipinski definition) is 4. The van der Waals surface area contributed by atoms with E-state index in [0.29, 0.717) is 16.7 Å². The van der Waals surface area contributed by atoms with Crippen LogP contribution in [0.25, 0.3) is 0 Å². The molecule has 2 rings (SSSR count). The maximum atomic E-state index is 13.7. The predicted octanol–water partition coefficient (Wildman–Crippen LogP) is 2.79. The first-order valence-electron chi connectivity index (χ1n) is 6.44. The standard InChI is InChI=1S/C14H15BrFNO3/c1-3-17-7-9(14(19)20-4-2)13(18)8-5-11(16)10(15)6-12(8)17/h5-6,9H,3-4,7H2,1-2H3. The maximum absolute atomic E-state index is 13.7. The summed E-state index contributed by atoms with van der Waals surface area (Å²) in [5.74, 6) is -2.33. The molecule has 1 atom stereocenters. The van der Waals surface area contributed by atoms with Gasteiger partial charge in [-0.1, -0.05) is 0 Å². The van der Waals surface area contributed by atoms with E-state index in [1.165, 1.54) is 6.07 Å². The minimum absolute atomic E-state index is 0.219. The molecule has 6 heteroatoms. The van der Waals surface area contributed by atoms with Crippen molar-refractivity contribution in [1.82, 2.24) is 0 Å². The Morgan fingerprint density at radius 2 is 2.20 bits per heavy atom. The maximum Gasteiger partial charge on any atom is 0.318 e. The summed E-state index contributed by atoms with van der Waals surface area (Å²) >= 11 is 3.12. The van der Waals surface area contributed by atoms with Gasteiger partial charge in [0.25, 0.3) is 0 Å². The number of carbonyl (C=O) groups excluding carboxylic acids is 2. The Balaban J connectivity index is 2.45. The summed E-state index contributed by atoms with van der Waals surface area (Å²) in [6.45, 7) is 4.70. The molecule has 0 radical (unpaired) electrons. The second-order valence-electron chi connectivity index (χ2n) is 4.49. The largest absolute Gasteiger partial charge is 0.465 e. The van der Waals surface area contributed by atoms with E-state index in [1.807, 2.05) is 11.8 Å². The fourth-order valence-corrected chi connectivity index (χ4v) is 2.64. The number of Topliss-reactive ketones (excluding diaryl/α,β-unsaturated/α-hetero) is 1. The van der Waals surface area contributed by atoms with Crippen LogP contribution in [0.3, 0.4) is 0 Å². The highest BCUT2D eigenvalue weighted by molar-refractivity contribution is 9.10. The van der Waals surface area contributed by atoms with Crippen molar-refractivity contribution < 1.29 is 18.7 Å². The number of anilines is 1. The summed E-state index contributed by atoms with van der Waals surface area (Å²) in [5.41, 5.74) is 0.878. The Labute approximate surface area is 125 Å². The number of rotatable bonds is 3. The van der Waals surface area contributed by atoms with Crippen LogP contribution in [0, 0.1) is 11.7 Å². The van der Waals surface area contributed by atoms with E-state index in [4.69, 9.17) is 4.74 Å². The first-order chi connectivity index (χ1) is 9.49. The predicted molar refractivity (Wildman–Crippen MR) is 76.4 cm³/mol. The first-order valence-corrected chi connectivity index (χ1v) is 7.23. The van der Waals surface area contributed by atoms with Crippen LogP contribution in [0.1, 0.15) is 24.2 Å². The molecule has 0 N–H and O–H groups in total. The highest BCUT2D eigenvalue weighted by Crippen LogP contribution is 2.34. The SMILES string of the molecule is CCOC(=O)C1CN(CC)c2cc(Br)c(F)cc2C1=O. The molecule has 0 aliphatic carbocycles. The molecular weight excluding hydrogens is 329 g/mol. The number of benzene rings is 1. The molecule has 0 saturated carbocycles. The smallest absolute Gasteiger partial charge is 0.318 e. The van der Waals surface area contributed by atoms with E-state index < -0.39 is 17.7 Å². The Bertz CT molecular complexity index is 562. The molecule has 0 aromatic heterocycles. The van der Waals surface area contributed by atoms with E-state index in [-0.39, 0.29) is 24.5 Å². The number of ketones is 1. The van der Waals surface area contributed by atoms with Gasteiger partial charge in [0, 0.05) is 24.3 Å². The molecule has 20 heavy (non-hydrogen) atoms. The van der Waals surface area contributed by atoms with Crippen molar-refractivity contribution in [2.24, 2.45) is 5.92 Å². The number of ether oxygens (including phenoxy) is 1. The van der Waals surface area contributed by atoms with Crippen LogP contribution >= 0.6 is 15.9 Å². The van der Waals surface area contributed by atoms with Crippen molar-refractivity contribution in [2.45, 2.75) is 13.8 Å². The van der Waals surface area contributed by atoms with Crippen LogP contribution in [0.15, 0.2) is 16.6 Å². The molecule has 0 saturated heterocycles. The van der Waals surface area contributed by atoms with E-state index in [1.54, 1.807) is 13.0 Å². The lowest BCUT2D eigenvalue weighted by molar-refractivity contribution is -0.145. The van der Waals surface area contributed by atoms with Crippen LogP contribution in [0.4, 0.5) is 10.1 Å². The number of fused-ring (bicyclic) bond motifs is 1. The molecule has 1 heterocycles. The molecule has 0 amide bonds. The quantitative estimate of drug-likeness (QED) is 0.625. The zero-order valence-corrected chi connectivity index (χ0v) is 12.9. The van der Waals surface area contributed by atoms with Gasteiger partial charge in [-0.3, -0.25) is 9.59 Å². The lowest BCUT2D eigenvalue weighted by Gasteiger charge is -2.33. The molecule has 4 nitrogen and oxygen atoms in total. The Morgan fingerprint density at radius 3 is 2.80 bits per heavy atom. The molecule has 1 aromatic rings. The van der Waals surface area contributed by atoms with Gasteiger partial charge in [0.05, 0.1) is 11.1 Å². The van der Waals surface area contributed by atoms with Gasteiger partial charge in [0.15, 0.2) is 5.78 Å². The van der Waals surface area contributed by atoms with Crippen molar-refractivity contribution >= 4 is 33.4 Å². The second-order valence-corrected chi connectivity index (χ2v) is 5.35. The Hall–Kier alpha value is -1.43. The van der Waals surface area contributed by atoms with Gasteiger partial charge >= 0.3 is 5.97 Å². The molecule has 1 aromatic carbocycles. The first kappa shape index (κ1) is 15.0. The normalized spacial score (nSPS) is 17.9. The molecular formula is C14H15BrFNO3. The average molecular weight is 344 g/mol. The van der Waals surface area contributed by atoms with E-state index >= 15 is 0 Å². The zero-order valence-electron chi connectivity index (χ0n) is 11.3. The summed E-state index contributed by atoms with van der Waals surface area (Å²) in [6.07, 6.45) is 0. The third kappa shape index (κ3) is 2.57. The third-order valence-corrected chi connectivity index (χ3v) is 3.92. The van der Waals surface area contributed by atoms with Gasteiger partial charge in [0.1, 0.15) is 11.7 Å². The van der Waals surface area contributed by atoms with Gasteiger partial charge in [0.2, 0.25) is 0 Å². The van der Waals surface area contributed by atoms with Gasteiger partial charge in [-0.15, -0.1) is 0 Å². The molecule has 0 fully saturated rings. The minimum atomic E-state index is -0.886. The topological polar surface area (TPSA) is 46.6 Å². The van der Waals surface area contributed by atoms with Gasteiger partial charge in [-0.25, -0.2) is 4.39 Å². The monoisotopic (exact) mass is 343 g/mol. The molecule has 1 aliphatic heterocycles.